The molecule has 0 unspecified atom stereocenters. The van der Waals surface area contributed by atoms with Gasteiger partial charge in [0.1, 0.15) is 5.58 Å². The highest BCUT2D eigenvalue weighted by atomic mass is 79.9. The summed E-state index contributed by atoms with van der Waals surface area (Å²) in [6, 6.07) is 5.74. The number of nitrogens with one attached hydrogen (secondary N) is 2. The van der Waals surface area contributed by atoms with Crippen LogP contribution in [0.5, 0.6) is 0 Å². The molecule has 5 heteroatoms. The lowest BCUT2D eigenvalue weighted by molar-refractivity contribution is 0.0927. The number of carbonyl (C=O) groups is 1. The third kappa shape index (κ3) is 3.41. The second-order valence-electron chi connectivity index (χ2n) is 4.70. The topological polar surface area (TPSA) is 54.3 Å². The molecule has 0 radical (unpaired) electrons. The van der Waals surface area contributed by atoms with E-state index >= 15 is 0 Å². The molecule has 0 bridgehead atoms. The molecular formula is C15H19BrN2O2. The Labute approximate surface area is 127 Å². The third-order valence-corrected chi connectivity index (χ3v) is 3.61. The number of amides is 1. The summed E-state index contributed by atoms with van der Waals surface area (Å²) in [6.45, 7) is 6.35. The van der Waals surface area contributed by atoms with Gasteiger partial charge >= 0.3 is 0 Å². The van der Waals surface area contributed by atoms with Crippen LogP contribution in [0.1, 0.15) is 29.5 Å². The molecule has 1 amide bonds. The predicted octanol–water partition coefficient (Wildman–Crippen LogP) is 3.23. The van der Waals surface area contributed by atoms with E-state index in [1.165, 1.54) is 0 Å². The van der Waals surface area contributed by atoms with Crippen LogP contribution in [-0.2, 0) is 0 Å². The van der Waals surface area contributed by atoms with E-state index in [1.807, 2.05) is 25.1 Å². The van der Waals surface area contributed by atoms with Crippen LogP contribution in [0.4, 0.5) is 0 Å². The van der Waals surface area contributed by atoms with Crippen molar-refractivity contribution in [2.24, 2.45) is 0 Å². The van der Waals surface area contributed by atoms with Crippen LogP contribution in [0.3, 0.4) is 0 Å². The Morgan fingerprint density at radius 1 is 1.30 bits per heavy atom. The number of aryl methyl sites for hydroxylation is 1. The molecule has 2 aromatic rings. The number of hydrogen-bond acceptors (Lipinski definition) is 3. The normalized spacial score (nSPS) is 10.9. The summed E-state index contributed by atoms with van der Waals surface area (Å²) >= 11 is 3.43. The Balaban J connectivity index is 2.05. The van der Waals surface area contributed by atoms with E-state index in [0.29, 0.717) is 12.3 Å². The van der Waals surface area contributed by atoms with Crippen molar-refractivity contribution in [2.45, 2.75) is 20.3 Å². The number of fused-ring (bicyclic) bond motifs is 1. The zero-order valence-electron chi connectivity index (χ0n) is 11.8. The minimum atomic E-state index is -0.159. The van der Waals surface area contributed by atoms with Gasteiger partial charge in [-0.2, -0.15) is 0 Å². The third-order valence-electron chi connectivity index (χ3n) is 3.12. The van der Waals surface area contributed by atoms with Crippen molar-refractivity contribution in [3.05, 3.63) is 34.0 Å². The van der Waals surface area contributed by atoms with Gasteiger partial charge in [-0.1, -0.05) is 22.9 Å². The SMILES string of the molecule is CCCNCCNC(=O)c1oc2ccc(Br)cc2c1C. The second kappa shape index (κ2) is 6.90. The van der Waals surface area contributed by atoms with E-state index in [2.05, 4.69) is 33.5 Å². The monoisotopic (exact) mass is 338 g/mol. The van der Waals surface area contributed by atoms with Crippen LogP contribution in [-0.4, -0.2) is 25.5 Å². The Hall–Kier alpha value is -1.33. The molecule has 1 heterocycles. The van der Waals surface area contributed by atoms with Crippen molar-refractivity contribution >= 4 is 32.8 Å². The maximum Gasteiger partial charge on any atom is 0.287 e. The van der Waals surface area contributed by atoms with Gasteiger partial charge in [-0.15, -0.1) is 0 Å². The fraction of sp³-hybridized carbons (Fsp3) is 0.400. The average molecular weight is 339 g/mol. The number of furan rings is 1. The van der Waals surface area contributed by atoms with Crippen molar-refractivity contribution in [3.63, 3.8) is 0 Å². The van der Waals surface area contributed by atoms with Gasteiger partial charge in [0.2, 0.25) is 0 Å². The van der Waals surface area contributed by atoms with Crippen molar-refractivity contribution < 1.29 is 9.21 Å². The van der Waals surface area contributed by atoms with Crippen LogP contribution in [0.25, 0.3) is 11.0 Å². The lowest BCUT2D eigenvalue weighted by Crippen LogP contribution is -2.32. The van der Waals surface area contributed by atoms with Gasteiger partial charge in [0.05, 0.1) is 0 Å². The van der Waals surface area contributed by atoms with Crippen molar-refractivity contribution in [1.82, 2.24) is 10.6 Å². The molecule has 0 saturated carbocycles. The van der Waals surface area contributed by atoms with Crippen LogP contribution in [0.2, 0.25) is 0 Å². The van der Waals surface area contributed by atoms with Gasteiger partial charge in [0.15, 0.2) is 5.76 Å². The second-order valence-corrected chi connectivity index (χ2v) is 5.62. The molecule has 1 aromatic heterocycles. The molecule has 0 atom stereocenters. The quantitative estimate of drug-likeness (QED) is 0.795. The fourth-order valence-corrected chi connectivity index (χ4v) is 2.42. The maximum absolute atomic E-state index is 12.1. The lowest BCUT2D eigenvalue weighted by atomic mass is 10.1. The smallest absolute Gasteiger partial charge is 0.287 e. The summed E-state index contributed by atoms with van der Waals surface area (Å²) in [5.41, 5.74) is 1.61. The van der Waals surface area contributed by atoms with Gasteiger partial charge in [-0.3, -0.25) is 4.79 Å². The molecule has 4 nitrogen and oxygen atoms in total. The van der Waals surface area contributed by atoms with Crippen molar-refractivity contribution in [3.8, 4) is 0 Å². The van der Waals surface area contributed by atoms with E-state index in [1.54, 1.807) is 0 Å². The summed E-state index contributed by atoms with van der Waals surface area (Å²) in [7, 11) is 0. The van der Waals surface area contributed by atoms with Gasteiger partial charge in [0, 0.05) is 28.5 Å². The zero-order valence-corrected chi connectivity index (χ0v) is 13.3. The molecule has 2 N–H and O–H groups in total. The molecule has 0 spiro atoms. The highest BCUT2D eigenvalue weighted by Gasteiger charge is 2.17. The summed E-state index contributed by atoms with van der Waals surface area (Å²) in [6.07, 6.45) is 1.09. The molecule has 1 aromatic carbocycles. The molecule has 0 fully saturated rings. The first-order chi connectivity index (χ1) is 9.63. The van der Waals surface area contributed by atoms with E-state index < -0.39 is 0 Å². The number of rotatable bonds is 6. The summed E-state index contributed by atoms with van der Waals surface area (Å²) in [5.74, 6) is 0.238. The highest BCUT2D eigenvalue weighted by molar-refractivity contribution is 9.10. The Bertz CT molecular complexity index is 607. The molecule has 20 heavy (non-hydrogen) atoms. The van der Waals surface area contributed by atoms with E-state index in [-0.39, 0.29) is 5.91 Å². The molecule has 0 aliphatic rings. The predicted molar refractivity (Wildman–Crippen MR) is 84.1 cm³/mol. The molecule has 0 aliphatic carbocycles. The van der Waals surface area contributed by atoms with Crippen LogP contribution in [0.15, 0.2) is 27.1 Å². The van der Waals surface area contributed by atoms with E-state index in [9.17, 15) is 4.79 Å². The van der Waals surface area contributed by atoms with E-state index in [4.69, 9.17) is 4.42 Å². The molecule has 0 saturated heterocycles. The molecule has 2 rings (SSSR count). The Kier molecular flexibility index (Phi) is 5.20. The number of carbonyl (C=O) groups excluding carboxylic acids is 1. The molecular weight excluding hydrogens is 320 g/mol. The summed E-state index contributed by atoms with van der Waals surface area (Å²) < 4.78 is 6.62. The molecule has 108 valence electrons. The van der Waals surface area contributed by atoms with Gasteiger partial charge in [-0.25, -0.2) is 0 Å². The minimum Gasteiger partial charge on any atom is -0.451 e. The number of benzene rings is 1. The van der Waals surface area contributed by atoms with Crippen LogP contribution in [0, 0.1) is 6.92 Å². The first-order valence-electron chi connectivity index (χ1n) is 6.81. The van der Waals surface area contributed by atoms with Crippen molar-refractivity contribution in [2.75, 3.05) is 19.6 Å². The minimum absolute atomic E-state index is 0.159. The fourth-order valence-electron chi connectivity index (χ4n) is 2.06. The Morgan fingerprint density at radius 3 is 2.85 bits per heavy atom. The summed E-state index contributed by atoms with van der Waals surface area (Å²) in [5, 5.41) is 7.07. The number of hydrogen-bond donors (Lipinski definition) is 2. The first-order valence-corrected chi connectivity index (χ1v) is 7.60. The van der Waals surface area contributed by atoms with Crippen molar-refractivity contribution in [1.29, 1.82) is 0 Å². The zero-order chi connectivity index (χ0) is 14.5. The Morgan fingerprint density at radius 2 is 2.10 bits per heavy atom. The van der Waals surface area contributed by atoms with Gasteiger partial charge < -0.3 is 15.1 Å². The standard InChI is InChI=1S/C15H19BrN2O2/c1-3-6-17-7-8-18-15(19)14-10(2)12-9-11(16)4-5-13(12)20-14/h4-5,9,17H,3,6-8H2,1-2H3,(H,18,19). The maximum atomic E-state index is 12.1. The lowest BCUT2D eigenvalue weighted by Gasteiger charge is -2.04. The van der Waals surface area contributed by atoms with Crippen LogP contribution >= 0.6 is 15.9 Å². The van der Waals surface area contributed by atoms with Crippen LogP contribution < -0.4 is 10.6 Å². The first kappa shape index (κ1) is 15.1. The average Bonchev–Trinajstić information content (AvgIpc) is 2.76. The highest BCUT2D eigenvalue weighted by Crippen LogP contribution is 2.27. The molecule has 0 aliphatic heterocycles. The van der Waals surface area contributed by atoms with E-state index in [0.717, 1.165) is 40.5 Å². The largest absolute Gasteiger partial charge is 0.451 e. The van der Waals surface area contributed by atoms with Gasteiger partial charge in [0.25, 0.3) is 5.91 Å². The van der Waals surface area contributed by atoms with Gasteiger partial charge in [-0.05, 0) is 38.1 Å². The number of halogens is 1. The summed E-state index contributed by atoms with van der Waals surface area (Å²) in [4.78, 5) is 12.1.